The number of carboxylic acids is 1. The molecule has 0 atom stereocenters. The zero-order valence-corrected chi connectivity index (χ0v) is 7.26. The minimum Gasteiger partial charge on any atom is -0.480 e. The highest BCUT2D eigenvalue weighted by atomic mass is 16.4. The molecule has 0 aliphatic heterocycles. The second kappa shape index (κ2) is 4.06. The van der Waals surface area contributed by atoms with Gasteiger partial charge in [0, 0.05) is 12.0 Å². The van der Waals surface area contributed by atoms with Crippen LogP contribution in [0.2, 0.25) is 0 Å². The summed E-state index contributed by atoms with van der Waals surface area (Å²) in [7, 11) is 0. The minimum absolute atomic E-state index is 0.125. The number of hydrogen-bond acceptors (Lipinski definition) is 3. The smallest absolute Gasteiger partial charge is 0.322 e. The molecule has 0 aliphatic carbocycles. The molecule has 0 heterocycles. The van der Waals surface area contributed by atoms with E-state index in [0.29, 0.717) is 0 Å². The molecular weight excluding hydrogens is 160 g/mol. The van der Waals surface area contributed by atoms with Gasteiger partial charge in [-0.25, -0.2) is 0 Å². The fraction of sp³-hybridized carbons (Fsp3) is 0.714. The van der Waals surface area contributed by atoms with Gasteiger partial charge in [0.15, 0.2) is 0 Å². The molecule has 0 fully saturated rings. The van der Waals surface area contributed by atoms with Crippen molar-refractivity contribution < 1.29 is 14.7 Å². The van der Waals surface area contributed by atoms with Crippen LogP contribution in [0, 0.1) is 0 Å². The van der Waals surface area contributed by atoms with Crippen LogP contribution in [0.3, 0.4) is 0 Å². The summed E-state index contributed by atoms with van der Waals surface area (Å²) in [4.78, 5) is 20.9. The summed E-state index contributed by atoms with van der Waals surface area (Å²) in [5, 5.41) is 10.4. The van der Waals surface area contributed by atoms with Crippen LogP contribution in [0.5, 0.6) is 0 Å². The van der Waals surface area contributed by atoms with E-state index >= 15 is 0 Å². The fourth-order valence-corrected chi connectivity index (χ4v) is 0.651. The van der Waals surface area contributed by atoms with E-state index in [-0.39, 0.29) is 18.9 Å². The van der Waals surface area contributed by atoms with E-state index < -0.39 is 11.5 Å². The predicted molar refractivity (Wildman–Crippen MR) is 43.5 cm³/mol. The van der Waals surface area contributed by atoms with Gasteiger partial charge in [-0.15, -0.1) is 0 Å². The molecule has 0 radical (unpaired) electrons. The molecule has 0 unspecified atom stereocenters. The Morgan fingerprint density at radius 3 is 2.33 bits per heavy atom. The molecule has 70 valence electrons. The molecule has 0 rings (SSSR count). The van der Waals surface area contributed by atoms with Crippen molar-refractivity contribution in [2.75, 3.05) is 6.54 Å². The average Bonchev–Trinajstić information content (AvgIpc) is 1.79. The summed E-state index contributed by atoms with van der Waals surface area (Å²) in [5.74, 6) is -1.40. The van der Waals surface area contributed by atoms with Gasteiger partial charge in [0.05, 0.1) is 0 Å². The quantitative estimate of drug-likeness (QED) is 0.526. The second-order valence-electron chi connectivity index (χ2n) is 3.34. The Bertz CT molecular complexity index is 184. The third-order valence-corrected chi connectivity index (χ3v) is 1.05. The number of aliphatic carboxylic acids is 1. The van der Waals surface area contributed by atoms with E-state index in [9.17, 15) is 9.59 Å². The molecule has 0 aromatic carbocycles. The third kappa shape index (κ3) is 7.01. The van der Waals surface area contributed by atoms with Crippen molar-refractivity contribution in [1.82, 2.24) is 5.32 Å². The van der Waals surface area contributed by atoms with Crippen LogP contribution in [-0.2, 0) is 9.59 Å². The van der Waals surface area contributed by atoms with Crippen molar-refractivity contribution >= 4 is 11.9 Å². The second-order valence-corrected chi connectivity index (χ2v) is 3.34. The van der Waals surface area contributed by atoms with Gasteiger partial charge in [0.2, 0.25) is 5.91 Å². The first-order chi connectivity index (χ1) is 5.31. The van der Waals surface area contributed by atoms with Gasteiger partial charge < -0.3 is 16.2 Å². The number of hydrogen-bond donors (Lipinski definition) is 3. The molecular formula is C7H14N2O3. The number of nitrogens with one attached hydrogen (secondary N) is 1. The first kappa shape index (κ1) is 10.9. The standard InChI is InChI=1S/C7H14N2O3/c1-7(2,8)3-5(10)9-4-6(11)12/h3-4,8H2,1-2H3,(H,9,10)(H,11,12). The van der Waals surface area contributed by atoms with Crippen LogP contribution in [0.25, 0.3) is 0 Å². The predicted octanol–water partition coefficient (Wildman–Crippen LogP) is -0.685. The van der Waals surface area contributed by atoms with Crippen LogP contribution in [-0.4, -0.2) is 29.1 Å². The molecule has 0 aromatic rings. The normalized spacial score (nSPS) is 10.9. The van der Waals surface area contributed by atoms with Crippen molar-refractivity contribution in [3.63, 3.8) is 0 Å². The van der Waals surface area contributed by atoms with Crippen molar-refractivity contribution in [3.05, 3.63) is 0 Å². The summed E-state index contributed by atoms with van der Waals surface area (Å²) >= 11 is 0. The zero-order chi connectivity index (χ0) is 9.78. The van der Waals surface area contributed by atoms with Gasteiger partial charge in [0.1, 0.15) is 6.54 Å². The molecule has 12 heavy (non-hydrogen) atoms. The van der Waals surface area contributed by atoms with Gasteiger partial charge in [0.25, 0.3) is 0 Å². The van der Waals surface area contributed by atoms with E-state index in [4.69, 9.17) is 10.8 Å². The number of nitrogens with two attached hydrogens (primary N) is 1. The topological polar surface area (TPSA) is 92.4 Å². The van der Waals surface area contributed by atoms with Gasteiger partial charge in [-0.3, -0.25) is 9.59 Å². The molecule has 4 N–H and O–H groups in total. The number of carbonyl (C=O) groups is 2. The Balaban J connectivity index is 3.68. The van der Waals surface area contributed by atoms with Crippen LogP contribution in [0.1, 0.15) is 20.3 Å². The molecule has 0 spiro atoms. The largest absolute Gasteiger partial charge is 0.480 e. The van der Waals surface area contributed by atoms with E-state index in [1.54, 1.807) is 13.8 Å². The molecule has 0 aromatic heterocycles. The Morgan fingerprint density at radius 1 is 1.50 bits per heavy atom. The Kier molecular flexibility index (Phi) is 3.69. The Hall–Kier alpha value is -1.10. The molecule has 0 saturated heterocycles. The zero-order valence-electron chi connectivity index (χ0n) is 7.26. The fourth-order valence-electron chi connectivity index (χ4n) is 0.651. The number of carboxylic acid groups (broad SMARTS) is 1. The van der Waals surface area contributed by atoms with Gasteiger partial charge in [-0.05, 0) is 13.8 Å². The molecule has 0 saturated carbocycles. The summed E-state index contributed by atoms with van der Waals surface area (Å²) < 4.78 is 0. The van der Waals surface area contributed by atoms with Crippen LogP contribution in [0.15, 0.2) is 0 Å². The lowest BCUT2D eigenvalue weighted by molar-refractivity contribution is -0.138. The van der Waals surface area contributed by atoms with Crippen LogP contribution in [0.4, 0.5) is 0 Å². The number of amides is 1. The van der Waals surface area contributed by atoms with E-state index in [1.165, 1.54) is 0 Å². The lowest BCUT2D eigenvalue weighted by Gasteiger charge is -2.16. The minimum atomic E-state index is -1.06. The van der Waals surface area contributed by atoms with Crippen LogP contribution < -0.4 is 11.1 Å². The summed E-state index contributed by atoms with van der Waals surface area (Å²) in [6.07, 6.45) is 0.125. The van der Waals surface area contributed by atoms with Crippen LogP contribution >= 0.6 is 0 Å². The SMILES string of the molecule is CC(C)(N)CC(=O)NCC(=O)O. The van der Waals surface area contributed by atoms with Crippen molar-refractivity contribution in [2.45, 2.75) is 25.8 Å². The van der Waals surface area contributed by atoms with Gasteiger partial charge in [-0.2, -0.15) is 0 Å². The van der Waals surface area contributed by atoms with Gasteiger partial charge >= 0.3 is 5.97 Å². The Labute approximate surface area is 70.9 Å². The summed E-state index contributed by atoms with van der Waals surface area (Å²) in [6, 6.07) is 0. The maximum absolute atomic E-state index is 10.9. The molecule has 0 bridgehead atoms. The maximum Gasteiger partial charge on any atom is 0.322 e. The third-order valence-electron chi connectivity index (χ3n) is 1.05. The summed E-state index contributed by atoms with van der Waals surface area (Å²) in [5.41, 5.74) is 4.94. The van der Waals surface area contributed by atoms with Crippen molar-refractivity contribution in [3.8, 4) is 0 Å². The highest BCUT2D eigenvalue weighted by Gasteiger charge is 2.16. The molecule has 1 amide bonds. The number of carbonyl (C=O) groups excluding carboxylic acids is 1. The first-order valence-electron chi connectivity index (χ1n) is 3.58. The highest BCUT2D eigenvalue weighted by molar-refractivity contribution is 5.81. The maximum atomic E-state index is 10.9. The first-order valence-corrected chi connectivity index (χ1v) is 3.58. The van der Waals surface area contributed by atoms with Crippen molar-refractivity contribution in [1.29, 1.82) is 0 Å². The lowest BCUT2D eigenvalue weighted by atomic mass is 10.0. The van der Waals surface area contributed by atoms with Gasteiger partial charge in [-0.1, -0.05) is 0 Å². The highest BCUT2D eigenvalue weighted by Crippen LogP contribution is 2.01. The monoisotopic (exact) mass is 174 g/mol. The Morgan fingerprint density at radius 2 is 2.00 bits per heavy atom. The molecule has 0 aliphatic rings. The average molecular weight is 174 g/mol. The van der Waals surface area contributed by atoms with E-state index in [2.05, 4.69) is 5.32 Å². The number of rotatable bonds is 4. The molecule has 5 nitrogen and oxygen atoms in total. The lowest BCUT2D eigenvalue weighted by Crippen LogP contribution is -2.40. The van der Waals surface area contributed by atoms with Crippen molar-refractivity contribution in [2.24, 2.45) is 5.73 Å². The molecule has 5 heteroatoms. The van der Waals surface area contributed by atoms with E-state index in [1.807, 2.05) is 0 Å². The summed E-state index contributed by atoms with van der Waals surface area (Å²) in [6.45, 7) is 3.05. The van der Waals surface area contributed by atoms with E-state index in [0.717, 1.165) is 0 Å².